The molecule has 0 aliphatic carbocycles. The van der Waals surface area contributed by atoms with Crippen LogP contribution in [0.5, 0.6) is 0 Å². The van der Waals surface area contributed by atoms with Gasteiger partial charge in [-0.3, -0.25) is 10.1 Å². The molecule has 0 unspecified atom stereocenters. The molecular formula is C15H16N2O2S. The van der Waals surface area contributed by atoms with Crippen molar-refractivity contribution in [2.45, 2.75) is 23.1 Å². The summed E-state index contributed by atoms with van der Waals surface area (Å²) in [5.41, 5.74) is 7.51. The maximum atomic E-state index is 11.2. The molecule has 2 rings (SSSR count). The van der Waals surface area contributed by atoms with Crippen LogP contribution in [0.15, 0.2) is 59.5 Å². The van der Waals surface area contributed by atoms with Gasteiger partial charge in [-0.25, -0.2) is 0 Å². The summed E-state index contributed by atoms with van der Waals surface area (Å²) in [4.78, 5) is 11.8. The lowest BCUT2D eigenvalue weighted by atomic mass is 10.1. The summed E-state index contributed by atoms with van der Waals surface area (Å²) in [6.07, 6.45) is 0. The van der Waals surface area contributed by atoms with E-state index in [9.17, 15) is 10.1 Å². The molecule has 104 valence electrons. The highest BCUT2D eigenvalue weighted by molar-refractivity contribution is 7.99. The fourth-order valence-corrected chi connectivity index (χ4v) is 3.15. The van der Waals surface area contributed by atoms with Crippen LogP contribution in [-0.4, -0.2) is 11.0 Å². The van der Waals surface area contributed by atoms with Crippen LogP contribution in [0.1, 0.15) is 17.7 Å². The topological polar surface area (TPSA) is 69.2 Å². The molecule has 0 saturated carbocycles. The Balaban J connectivity index is 2.33. The first kappa shape index (κ1) is 14.4. The van der Waals surface area contributed by atoms with Crippen LogP contribution >= 0.6 is 11.8 Å². The lowest BCUT2D eigenvalue weighted by Crippen LogP contribution is -2.22. The largest absolute Gasteiger partial charge is 0.398 e. The second-order valence-corrected chi connectivity index (χ2v) is 5.70. The van der Waals surface area contributed by atoms with Crippen molar-refractivity contribution >= 4 is 17.4 Å². The molecule has 0 fully saturated rings. The Morgan fingerprint density at radius 2 is 1.70 bits per heavy atom. The van der Waals surface area contributed by atoms with Crippen LogP contribution in [0.3, 0.4) is 0 Å². The number of nitrogens with zero attached hydrogens (tertiary/aromatic N) is 1. The van der Waals surface area contributed by atoms with E-state index in [4.69, 9.17) is 5.73 Å². The minimum Gasteiger partial charge on any atom is -0.398 e. The van der Waals surface area contributed by atoms with E-state index in [1.807, 2.05) is 48.5 Å². The van der Waals surface area contributed by atoms with Gasteiger partial charge in [0.2, 0.25) is 6.04 Å². The van der Waals surface area contributed by atoms with Gasteiger partial charge in [0.1, 0.15) is 5.25 Å². The van der Waals surface area contributed by atoms with Gasteiger partial charge in [0, 0.05) is 22.4 Å². The Hall–Kier alpha value is -2.01. The Morgan fingerprint density at radius 3 is 2.30 bits per heavy atom. The van der Waals surface area contributed by atoms with E-state index in [2.05, 4.69) is 0 Å². The number of anilines is 1. The average molecular weight is 288 g/mol. The maximum Gasteiger partial charge on any atom is 0.226 e. The molecule has 0 aliphatic rings. The molecule has 0 saturated heterocycles. The van der Waals surface area contributed by atoms with Crippen molar-refractivity contribution in [3.8, 4) is 0 Å². The highest BCUT2D eigenvalue weighted by Crippen LogP contribution is 2.40. The molecule has 20 heavy (non-hydrogen) atoms. The normalized spacial score (nSPS) is 13.7. The number of hydrogen-bond acceptors (Lipinski definition) is 4. The number of nitrogens with two attached hydrogens (primary N) is 1. The van der Waals surface area contributed by atoms with E-state index in [0.717, 1.165) is 10.5 Å². The van der Waals surface area contributed by atoms with Gasteiger partial charge in [0.15, 0.2) is 0 Å². The highest BCUT2D eigenvalue weighted by Gasteiger charge is 2.29. The average Bonchev–Trinajstić information content (AvgIpc) is 2.46. The molecular weight excluding hydrogens is 272 g/mol. The first-order valence-corrected chi connectivity index (χ1v) is 7.17. The van der Waals surface area contributed by atoms with Gasteiger partial charge in [0.25, 0.3) is 0 Å². The SMILES string of the molecule is C[C@@H]([C@H](Sc1ccccc1N)c1ccccc1)[N+](=O)[O-]. The van der Waals surface area contributed by atoms with Gasteiger partial charge in [-0.05, 0) is 17.7 Å². The molecule has 0 bridgehead atoms. The van der Waals surface area contributed by atoms with Crippen molar-refractivity contribution in [2.24, 2.45) is 0 Å². The van der Waals surface area contributed by atoms with Crippen LogP contribution in [0.25, 0.3) is 0 Å². The van der Waals surface area contributed by atoms with E-state index < -0.39 is 6.04 Å². The van der Waals surface area contributed by atoms with Crippen molar-refractivity contribution in [3.63, 3.8) is 0 Å². The highest BCUT2D eigenvalue weighted by atomic mass is 32.2. The van der Waals surface area contributed by atoms with Crippen LogP contribution in [0.2, 0.25) is 0 Å². The second kappa shape index (κ2) is 6.43. The molecule has 0 amide bonds. The van der Waals surface area contributed by atoms with Crippen molar-refractivity contribution in [1.29, 1.82) is 0 Å². The molecule has 2 aromatic carbocycles. The Labute approximate surface area is 122 Å². The minimum atomic E-state index is -0.693. The number of thioether (sulfide) groups is 1. The monoisotopic (exact) mass is 288 g/mol. The van der Waals surface area contributed by atoms with Crippen molar-refractivity contribution in [1.82, 2.24) is 0 Å². The number of nitro groups is 1. The zero-order chi connectivity index (χ0) is 14.5. The molecule has 0 spiro atoms. The van der Waals surface area contributed by atoms with Gasteiger partial charge in [-0.2, -0.15) is 0 Å². The summed E-state index contributed by atoms with van der Waals surface area (Å²) >= 11 is 1.44. The number of benzene rings is 2. The zero-order valence-electron chi connectivity index (χ0n) is 11.1. The number of rotatable bonds is 5. The van der Waals surface area contributed by atoms with Crippen LogP contribution in [-0.2, 0) is 0 Å². The summed E-state index contributed by atoms with van der Waals surface area (Å²) in [6, 6.07) is 16.3. The molecule has 5 heteroatoms. The quantitative estimate of drug-likeness (QED) is 0.393. The van der Waals surface area contributed by atoms with Crippen LogP contribution in [0.4, 0.5) is 5.69 Å². The zero-order valence-corrected chi connectivity index (χ0v) is 11.9. The number of para-hydroxylation sites is 1. The first-order chi connectivity index (χ1) is 9.59. The fraction of sp³-hybridized carbons (Fsp3) is 0.200. The Bertz CT molecular complexity index is 589. The Kier molecular flexibility index (Phi) is 4.63. The molecule has 2 atom stereocenters. The van der Waals surface area contributed by atoms with Gasteiger partial charge >= 0.3 is 0 Å². The predicted octanol–water partition coefficient (Wildman–Crippen LogP) is 3.77. The summed E-state index contributed by atoms with van der Waals surface area (Å²) in [5.74, 6) is 0. The predicted molar refractivity (Wildman–Crippen MR) is 82.4 cm³/mol. The van der Waals surface area contributed by atoms with Crippen molar-refractivity contribution in [3.05, 3.63) is 70.3 Å². The fourth-order valence-electron chi connectivity index (χ4n) is 1.92. The van der Waals surface area contributed by atoms with Gasteiger partial charge in [-0.1, -0.05) is 42.5 Å². The maximum absolute atomic E-state index is 11.2. The van der Waals surface area contributed by atoms with Gasteiger partial charge < -0.3 is 5.73 Å². The molecule has 4 nitrogen and oxygen atoms in total. The number of hydrogen-bond donors (Lipinski definition) is 1. The van der Waals surface area contributed by atoms with E-state index >= 15 is 0 Å². The third-order valence-corrected chi connectivity index (χ3v) is 4.62. The summed E-state index contributed by atoms with van der Waals surface area (Å²) in [5, 5.41) is 10.9. The van der Waals surface area contributed by atoms with E-state index in [1.54, 1.807) is 13.0 Å². The van der Waals surface area contributed by atoms with E-state index in [-0.39, 0.29) is 10.2 Å². The van der Waals surface area contributed by atoms with Crippen molar-refractivity contribution < 1.29 is 4.92 Å². The molecule has 2 aromatic rings. The molecule has 0 heterocycles. The summed E-state index contributed by atoms with van der Waals surface area (Å²) < 4.78 is 0. The van der Waals surface area contributed by atoms with E-state index in [1.165, 1.54) is 11.8 Å². The van der Waals surface area contributed by atoms with Crippen LogP contribution in [0, 0.1) is 10.1 Å². The smallest absolute Gasteiger partial charge is 0.226 e. The van der Waals surface area contributed by atoms with Crippen molar-refractivity contribution in [2.75, 3.05) is 5.73 Å². The third kappa shape index (κ3) is 3.30. The molecule has 0 aromatic heterocycles. The summed E-state index contributed by atoms with van der Waals surface area (Å²) in [6.45, 7) is 1.63. The van der Waals surface area contributed by atoms with Gasteiger partial charge in [-0.15, -0.1) is 11.8 Å². The first-order valence-electron chi connectivity index (χ1n) is 6.29. The van der Waals surface area contributed by atoms with Gasteiger partial charge in [0.05, 0.1) is 0 Å². The lowest BCUT2D eigenvalue weighted by Gasteiger charge is -2.19. The standard InChI is InChI=1S/C15H16N2O2S/c1-11(17(18)19)15(12-7-3-2-4-8-12)20-14-10-6-5-9-13(14)16/h2-11,15H,16H2,1H3/t11-,15-/m0/s1. The van der Waals surface area contributed by atoms with E-state index in [0.29, 0.717) is 5.69 Å². The molecule has 0 radical (unpaired) electrons. The Morgan fingerprint density at radius 1 is 1.10 bits per heavy atom. The lowest BCUT2D eigenvalue weighted by molar-refractivity contribution is -0.518. The molecule has 2 N–H and O–H groups in total. The third-order valence-electron chi connectivity index (χ3n) is 3.07. The minimum absolute atomic E-state index is 0.246. The number of nitrogen functional groups attached to an aromatic ring is 1. The molecule has 0 aliphatic heterocycles. The summed E-state index contributed by atoms with van der Waals surface area (Å²) in [7, 11) is 0. The second-order valence-electron chi connectivity index (χ2n) is 4.51. The van der Waals surface area contributed by atoms with Crippen LogP contribution < -0.4 is 5.73 Å².